The van der Waals surface area contributed by atoms with Gasteiger partial charge in [0, 0.05) is 20.6 Å². The largest absolute Gasteiger partial charge is 0.509 e. The smallest absolute Gasteiger partial charge is 0.461 e. The van der Waals surface area contributed by atoms with Crippen molar-refractivity contribution in [3.05, 3.63) is 0 Å². The molecule has 0 aromatic heterocycles. The fourth-order valence-corrected chi connectivity index (χ4v) is 1.66. The third-order valence-corrected chi connectivity index (χ3v) is 3.27. The first-order valence-corrected chi connectivity index (χ1v) is 9.40. The van der Waals surface area contributed by atoms with Crippen LogP contribution in [0.3, 0.4) is 0 Å². The fourth-order valence-electron chi connectivity index (χ4n) is 1.66. The van der Waals surface area contributed by atoms with E-state index in [4.69, 9.17) is 38.2 Å². The summed E-state index contributed by atoms with van der Waals surface area (Å²) in [5.41, 5.74) is 0. The molecule has 31 heavy (non-hydrogen) atoms. The molecule has 0 N–H and O–H groups in total. The Morgan fingerprint density at radius 2 is 1.10 bits per heavy atom. The maximum atomic E-state index is 11.6. The number of Topliss-reactive ketones (excluding diaryl/α,β-unsaturated/α-hetero) is 1. The standard InChI is InChI=1S/C18H30O13/c1-13(15(19)5-6-23-3)30-17(21)26-9-11-28-29-12-10-27-18(22)31-14(2)16(20)25-8-7-24-4/h13-14H,5-12H2,1-4H3/t13-,14+/m1/s1. The minimum atomic E-state index is -1.14. The Bertz CT molecular complexity index is 537. The van der Waals surface area contributed by atoms with Gasteiger partial charge in [-0.2, -0.15) is 0 Å². The van der Waals surface area contributed by atoms with Crippen molar-refractivity contribution in [2.45, 2.75) is 32.5 Å². The zero-order valence-corrected chi connectivity index (χ0v) is 18.1. The van der Waals surface area contributed by atoms with Gasteiger partial charge in [0.15, 0.2) is 18.0 Å². The molecule has 0 unspecified atom stereocenters. The molecule has 0 aliphatic rings. The van der Waals surface area contributed by atoms with Gasteiger partial charge in [-0.1, -0.05) is 0 Å². The summed E-state index contributed by atoms with van der Waals surface area (Å²) < 4.78 is 33.1. The van der Waals surface area contributed by atoms with Crippen molar-refractivity contribution in [2.75, 3.05) is 60.5 Å². The van der Waals surface area contributed by atoms with Crippen molar-refractivity contribution < 1.29 is 62.1 Å². The Morgan fingerprint density at radius 3 is 1.61 bits per heavy atom. The van der Waals surface area contributed by atoms with Crippen LogP contribution in [0.4, 0.5) is 9.59 Å². The van der Waals surface area contributed by atoms with Gasteiger partial charge in [-0.05, 0) is 13.8 Å². The molecule has 180 valence electrons. The average molecular weight is 454 g/mol. The molecule has 0 heterocycles. The second kappa shape index (κ2) is 18.3. The van der Waals surface area contributed by atoms with E-state index in [-0.39, 0.29) is 58.5 Å². The summed E-state index contributed by atoms with van der Waals surface area (Å²) in [7, 11) is 2.91. The van der Waals surface area contributed by atoms with Crippen LogP contribution in [-0.2, 0) is 52.5 Å². The van der Waals surface area contributed by atoms with Gasteiger partial charge in [0.1, 0.15) is 33.0 Å². The molecule has 2 atom stereocenters. The lowest BCUT2D eigenvalue weighted by atomic mass is 10.2. The number of rotatable bonds is 17. The molecule has 0 rings (SSSR count). The van der Waals surface area contributed by atoms with Crippen LogP contribution in [0.1, 0.15) is 20.3 Å². The molecule has 0 amide bonds. The van der Waals surface area contributed by atoms with E-state index in [0.29, 0.717) is 0 Å². The van der Waals surface area contributed by atoms with E-state index in [0.717, 1.165) is 0 Å². The molecule has 0 aromatic rings. The normalized spacial score (nSPS) is 12.4. The monoisotopic (exact) mass is 454 g/mol. The highest BCUT2D eigenvalue weighted by molar-refractivity contribution is 5.84. The van der Waals surface area contributed by atoms with Crippen LogP contribution in [0.15, 0.2) is 0 Å². The molecule has 0 radical (unpaired) electrons. The third-order valence-electron chi connectivity index (χ3n) is 3.27. The number of carbonyl (C=O) groups is 4. The molecule has 0 bridgehead atoms. The Morgan fingerprint density at radius 1 is 0.613 bits per heavy atom. The zero-order chi connectivity index (χ0) is 23.5. The molecule has 0 aliphatic heterocycles. The van der Waals surface area contributed by atoms with E-state index in [1.807, 2.05) is 0 Å². The van der Waals surface area contributed by atoms with Crippen molar-refractivity contribution >= 4 is 24.1 Å². The Balaban J connectivity index is 3.68. The van der Waals surface area contributed by atoms with E-state index < -0.39 is 30.5 Å². The molecule has 13 heteroatoms. The molecule has 0 aromatic carbocycles. The lowest BCUT2D eigenvalue weighted by molar-refractivity contribution is -0.301. The second-order valence-corrected chi connectivity index (χ2v) is 5.73. The predicted octanol–water partition coefficient (Wildman–Crippen LogP) is 0.813. The Kier molecular flexibility index (Phi) is 16.8. The van der Waals surface area contributed by atoms with Gasteiger partial charge >= 0.3 is 18.3 Å². The first kappa shape index (κ1) is 28.5. The fraction of sp³-hybridized carbons (Fsp3) is 0.778. The van der Waals surface area contributed by atoms with Gasteiger partial charge in [0.25, 0.3) is 0 Å². The Labute approximate surface area is 180 Å². The molecule has 0 fully saturated rings. The van der Waals surface area contributed by atoms with Crippen LogP contribution in [-0.4, -0.2) is 96.7 Å². The van der Waals surface area contributed by atoms with Crippen LogP contribution in [0.25, 0.3) is 0 Å². The van der Waals surface area contributed by atoms with E-state index in [2.05, 4.69) is 4.74 Å². The quantitative estimate of drug-likeness (QED) is 0.100. The minimum absolute atomic E-state index is 0.0379. The number of carbonyl (C=O) groups excluding carboxylic acids is 4. The summed E-state index contributed by atoms with van der Waals surface area (Å²) in [6.45, 7) is 2.57. The van der Waals surface area contributed by atoms with Crippen molar-refractivity contribution in [2.24, 2.45) is 0 Å². The molecule has 0 aliphatic carbocycles. The zero-order valence-electron chi connectivity index (χ0n) is 18.1. The average Bonchev–Trinajstić information content (AvgIpc) is 2.73. The van der Waals surface area contributed by atoms with Crippen LogP contribution < -0.4 is 0 Å². The molecular weight excluding hydrogens is 424 g/mol. The lowest BCUT2D eigenvalue weighted by Crippen LogP contribution is -2.28. The van der Waals surface area contributed by atoms with E-state index in [1.165, 1.54) is 28.1 Å². The SMILES string of the molecule is COCCOC(=O)[C@H](C)OC(=O)OCCOOCCOC(=O)O[C@H](C)C(=O)CCOC. The van der Waals surface area contributed by atoms with Crippen molar-refractivity contribution in [3.8, 4) is 0 Å². The number of ketones is 1. The number of methoxy groups -OCH3 is 2. The molecule has 0 spiro atoms. The van der Waals surface area contributed by atoms with Crippen molar-refractivity contribution in [1.29, 1.82) is 0 Å². The topological polar surface area (TPSA) is 151 Å². The Hall–Kier alpha value is -2.48. The second-order valence-electron chi connectivity index (χ2n) is 5.73. The van der Waals surface area contributed by atoms with Gasteiger partial charge in [-0.3, -0.25) is 4.79 Å². The molecule has 13 nitrogen and oxygen atoms in total. The number of esters is 1. The van der Waals surface area contributed by atoms with Crippen molar-refractivity contribution in [1.82, 2.24) is 0 Å². The van der Waals surface area contributed by atoms with Crippen LogP contribution in [0.2, 0.25) is 0 Å². The molecule has 0 saturated carbocycles. The van der Waals surface area contributed by atoms with Crippen LogP contribution in [0.5, 0.6) is 0 Å². The van der Waals surface area contributed by atoms with Crippen LogP contribution >= 0.6 is 0 Å². The molecule has 0 saturated heterocycles. The number of hydrogen-bond donors (Lipinski definition) is 0. The summed E-state index contributed by atoms with van der Waals surface area (Å²) in [6, 6.07) is 0. The van der Waals surface area contributed by atoms with Gasteiger partial charge < -0.3 is 33.2 Å². The molecular formula is C18H30O13. The highest BCUT2D eigenvalue weighted by Gasteiger charge is 2.20. The van der Waals surface area contributed by atoms with Gasteiger partial charge in [-0.25, -0.2) is 24.2 Å². The predicted molar refractivity (Wildman–Crippen MR) is 100 cm³/mol. The van der Waals surface area contributed by atoms with E-state index in [9.17, 15) is 19.2 Å². The minimum Gasteiger partial charge on any atom is -0.461 e. The highest BCUT2D eigenvalue weighted by Crippen LogP contribution is 2.00. The first-order chi connectivity index (χ1) is 14.8. The summed E-state index contributed by atoms with van der Waals surface area (Å²) >= 11 is 0. The van der Waals surface area contributed by atoms with Crippen LogP contribution in [0, 0.1) is 0 Å². The van der Waals surface area contributed by atoms with Crippen molar-refractivity contribution in [3.63, 3.8) is 0 Å². The summed E-state index contributed by atoms with van der Waals surface area (Å²) in [5, 5.41) is 0. The lowest BCUT2D eigenvalue weighted by Gasteiger charge is -2.13. The summed E-state index contributed by atoms with van der Waals surface area (Å²) in [4.78, 5) is 55.3. The van der Waals surface area contributed by atoms with E-state index in [1.54, 1.807) is 0 Å². The number of ether oxygens (including phenoxy) is 7. The van der Waals surface area contributed by atoms with Gasteiger partial charge in [-0.15, -0.1) is 0 Å². The van der Waals surface area contributed by atoms with E-state index >= 15 is 0 Å². The summed E-state index contributed by atoms with van der Waals surface area (Å²) in [6.07, 6.45) is -4.08. The summed E-state index contributed by atoms with van der Waals surface area (Å²) in [5.74, 6) is -1.03. The van der Waals surface area contributed by atoms with Gasteiger partial charge in [0.2, 0.25) is 0 Å². The first-order valence-electron chi connectivity index (χ1n) is 9.40. The maximum Gasteiger partial charge on any atom is 0.509 e. The van der Waals surface area contributed by atoms with Gasteiger partial charge in [0.05, 0.1) is 13.2 Å². The number of hydrogen-bond acceptors (Lipinski definition) is 13. The third kappa shape index (κ3) is 16.0. The highest BCUT2D eigenvalue weighted by atomic mass is 17.2. The maximum absolute atomic E-state index is 11.6.